The van der Waals surface area contributed by atoms with Gasteiger partial charge < -0.3 is 4.74 Å². The van der Waals surface area contributed by atoms with Gasteiger partial charge in [-0.05, 0) is 56.6 Å². The van der Waals surface area contributed by atoms with Crippen molar-refractivity contribution in [3.63, 3.8) is 0 Å². The highest BCUT2D eigenvalue weighted by atomic mass is 32.2. The van der Waals surface area contributed by atoms with Crippen LogP contribution in [0.1, 0.15) is 43.3 Å². The molecule has 1 aromatic carbocycles. The third-order valence-electron chi connectivity index (χ3n) is 5.00. The highest BCUT2D eigenvalue weighted by Crippen LogP contribution is 2.39. The SMILES string of the molecule is CCOCc1ccc(S(=O)(=O)Nc2nc(=O)n3c(C)c(C)sc(SCCC(C)C)c2-3)cc1. The molecule has 2 aliphatic heterocycles. The van der Waals surface area contributed by atoms with Crippen molar-refractivity contribution in [1.82, 2.24) is 9.55 Å². The minimum absolute atomic E-state index is 0.0692. The number of anilines is 1. The summed E-state index contributed by atoms with van der Waals surface area (Å²) < 4.78 is 36.4. The summed E-state index contributed by atoms with van der Waals surface area (Å²) in [5, 5.41) is 0. The zero-order chi connectivity index (χ0) is 23.5. The monoisotopic (exact) mass is 495 g/mol. The molecule has 0 amide bonds. The maximum atomic E-state index is 13.0. The van der Waals surface area contributed by atoms with Crippen LogP contribution in [-0.4, -0.2) is 30.3 Å². The number of aryl methyl sites for hydroxylation is 1. The van der Waals surface area contributed by atoms with Crippen molar-refractivity contribution in [2.45, 2.75) is 56.8 Å². The van der Waals surface area contributed by atoms with E-state index < -0.39 is 15.7 Å². The number of sulfonamides is 1. The number of hydrogen-bond acceptors (Lipinski definition) is 7. The fourth-order valence-corrected chi connectivity index (χ4v) is 6.82. The lowest BCUT2D eigenvalue weighted by molar-refractivity contribution is 0.134. The first kappa shape index (κ1) is 24.8. The Bertz CT molecular complexity index is 1200. The number of nitrogens with one attached hydrogen (secondary N) is 1. The van der Waals surface area contributed by atoms with Gasteiger partial charge in [0.1, 0.15) is 5.69 Å². The van der Waals surface area contributed by atoms with Crippen LogP contribution in [0.25, 0.3) is 5.69 Å². The number of benzene rings is 1. The smallest absolute Gasteiger partial charge is 0.354 e. The van der Waals surface area contributed by atoms with Crippen molar-refractivity contribution < 1.29 is 13.2 Å². The molecule has 0 aromatic heterocycles. The molecule has 0 saturated carbocycles. The van der Waals surface area contributed by atoms with Crippen LogP contribution in [0, 0.1) is 19.8 Å². The lowest BCUT2D eigenvalue weighted by Crippen LogP contribution is -2.17. The molecule has 10 heteroatoms. The summed E-state index contributed by atoms with van der Waals surface area (Å²) in [5.41, 5.74) is 1.69. The van der Waals surface area contributed by atoms with Gasteiger partial charge in [-0.1, -0.05) is 26.0 Å². The number of nitrogens with zero attached hydrogens (tertiary/aromatic N) is 2. The molecule has 7 nitrogen and oxygen atoms in total. The predicted octanol–water partition coefficient (Wildman–Crippen LogP) is 4.82. The molecule has 0 bridgehead atoms. The lowest BCUT2D eigenvalue weighted by atomic mass is 10.2. The summed E-state index contributed by atoms with van der Waals surface area (Å²) in [4.78, 5) is 17.8. The number of fused-ring (bicyclic) bond motifs is 1. The van der Waals surface area contributed by atoms with E-state index >= 15 is 0 Å². The van der Waals surface area contributed by atoms with Crippen molar-refractivity contribution in [2.75, 3.05) is 17.1 Å². The lowest BCUT2D eigenvalue weighted by Gasteiger charge is -2.16. The zero-order valence-electron chi connectivity index (χ0n) is 19.0. The standard InChI is InChI=1S/C22H29N3O4S3/c1-6-29-13-17-7-9-18(10-8-17)32(27,28)24-20-19-21(30-12-11-14(2)3)31-16(5)15(4)25(19)22(26)23-20/h7-10,14H,6,11-13H2,1-5H3,(H,23,24,26). The number of hydrogen-bond donors (Lipinski definition) is 1. The van der Waals surface area contributed by atoms with Crippen LogP contribution in [0.5, 0.6) is 0 Å². The first-order valence-corrected chi connectivity index (χ1v) is 13.8. The van der Waals surface area contributed by atoms with Crippen molar-refractivity contribution in [1.29, 1.82) is 0 Å². The zero-order valence-corrected chi connectivity index (χ0v) is 21.4. The van der Waals surface area contributed by atoms with Crippen LogP contribution in [0.2, 0.25) is 0 Å². The van der Waals surface area contributed by atoms with Gasteiger partial charge in [-0.15, -0.1) is 23.1 Å². The Labute approximate surface area is 197 Å². The highest BCUT2D eigenvalue weighted by Gasteiger charge is 2.26. The normalized spacial score (nSPS) is 12.1. The van der Waals surface area contributed by atoms with Gasteiger partial charge in [-0.2, -0.15) is 4.98 Å². The first-order chi connectivity index (χ1) is 15.1. The molecule has 0 unspecified atom stereocenters. The Balaban J connectivity index is 1.96. The molecule has 3 rings (SSSR count). The van der Waals surface area contributed by atoms with E-state index in [0.717, 1.165) is 32.5 Å². The van der Waals surface area contributed by atoms with Crippen molar-refractivity contribution in [3.05, 3.63) is 50.9 Å². The second kappa shape index (κ2) is 10.4. The fourth-order valence-electron chi connectivity index (χ4n) is 3.05. The third-order valence-corrected chi connectivity index (χ3v) is 8.83. The number of rotatable bonds is 10. The van der Waals surface area contributed by atoms with Gasteiger partial charge in [0, 0.05) is 17.2 Å². The van der Waals surface area contributed by atoms with Crippen LogP contribution in [0.3, 0.4) is 0 Å². The summed E-state index contributed by atoms with van der Waals surface area (Å²) in [6, 6.07) is 6.50. The van der Waals surface area contributed by atoms with Crippen LogP contribution in [0.4, 0.5) is 5.82 Å². The van der Waals surface area contributed by atoms with Crippen molar-refractivity contribution in [2.24, 2.45) is 5.92 Å². The van der Waals surface area contributed by atoms with E-state index in [-0.39, 0.29) is 10.7 Å². The molecular weight excluding hydrogens is 466 g/mol. The molecular formula is C22H29N3O4S3. The summed E-state index contributed by atoms with van der Waals surface area (Å²) in [6.45, 7) is 11.0. The molecule has 2 aliphatic rings. The van der Waals surface area contributed by atoms with Crippen LogP contribution in [0.15, 0.2) is 38.2 Å². The molecule has 32 heavy (non-hydrogen) atoms. The third kappa shape index (κ3) is 5.54. The molecule has 0 radical (unpaired) electrons. The minimum Gasteiger partial charge on any atom is -0.377 e. The largest absolute Gasteiger partial charge is 0.377 e. The van der Waals surface area contributed by atoms with Gasteiger partial charge in [-0.25, -0.2) is 13.2 Å². The molecule has 174 valence electrons. The van der Waals surface area contributed by atoms with Gasteiger partial charge in [0.05, 0.1) is 15.7 Å². The summed E-state index contributed by atoms with van der Waals surface area (Å²) in [7, 11) is -3.91. The van der Waals surface area contributed by atoms with Gasteiger partial charge in [0.2, 0.25) is 0 Å². The highest BCUT2D eigenvalue weighted by molar-refractivity contribution is 8.01. The Hall–Kier alpha value is -1.88. The maximum Gasteiger partial charge on any atom is 0.354 e. The van der Waals surface area contributed by atoms with Crippen LogP contribution < -0.4 is 10.4 Å². The number of aromatic nitrogens is 2. The van der Waals surface area contributed by atoms with Gasteiger partial charge in [0.15, 0.2) is 5.82 Å². The van der Waals surface area contributed by atoms with Crippen LogP contribution >= 0.6 is 23.1 Å². The van der Waals surface area contributed by atoms with E-state index in [4.69, 9.17) is 4.74 Å². The number of ether oxygens (including phenoxy) is 1. The van der Waals surface area contributed by atoms with E-state index in [1.807, 2.05) is 20.8 Å². The predicted molar refractivity (Wildman–Crippen MR) is 131 cm³/mol. The van der Waals surface area contributed by atoms with Crippen LogP contribution in [-0.2, 0) is 21.4 Å². The molecule has 0 aliphatic carbocycles. The van der Waals surface area contributed by atoms with Gasteiger partial charge >= 0.3 is 5.69 Å². The molecule has 0 atom stereocenters. The Morgan fingerprint density at radius 1 is 1.22 bits per heavy atom. The van der Waals surface area contributed by atoms with Crippen molar-refractivity contribution in [3.8, 4) is 5.69 Å². The van der Waals surface area contributed by atoms with Gasteiger partial charge in [0.25, 0.3) is 10.0 Å². The topological polar surface area (TPSA) is 90.3 Å². The average Bonchev–Trinajstić information content (AvgIpc) is 3.05. The molecule has 1 N–H and O–H groups in total. The van der Waals surface area contributed by atoms with Gasteiger partial charge in [-0.3, -0.25) is 9.29 Å². The second-order valence-electron chi connectivity index (χ2n) is 7.88. The second-order valence-corrected chi connectivity index (χ2v) is 12.1. The number of thioether (sulfide) groups is 1. The first-order valence-electron chi connectivity index (χ1n) is 10.5. The number of imidazole rings is 1. The van der Waals surface area contributed by atoms with Crippen molar-refractivity contribution >= 4 is 38.9 Å². The summed E-state index contributed by atoms with van der Waals surface area (Å²) in [6.07, 6.45) is 1.02. The Morgan fingerprint density at radius 3 is 2.53 bits per heavy atom. The maximum absolute atomic E-state index is 13.0. The minimum atomic E-state index is -3.91. The molecule has 2 heterocycles. The summed E-state index contributed by atoms with van der Waals surface area (Å²) in [5.74, 6) is 1.50. The van der Waals surface area contributed by atoms with E-state index in [9.17, 15) is 13.2 Å². The quantitative estimate of drug-likeness (QED) is 0.406. The molecule has 0 fully saturated rings. The van der Waals surface area contributed by atoms with E-state index in [1.165, 1.54) is 16.7 Å². The Morgan fingerprint density at radius 2 is 1.91 bits per heavy atom. The molecule has 1 aromatic rings. The summed E-state index contributed by atoms with van der Waals surface area (Å²) >= 11 is 3.19. The Kier molecular flexibility index (Phi) is 8.02. The van der Waals surface area contributed by atoms with E-state index in [2.05, 4.69) is 23.6 Å². The molecule has 0 saturated heterocycles. The molecule has 0 spiro atoms. The average molecular weight is 496 g/mol. The van der Waals surface area contributed by atoms with E-state index in [1.54, 1.807) is 35.2 Å². The fraction of sp³-hybridized carbons (Fsp3) is 0.455. The van der Waals surface area contributed by atoms with E-state index in [0.29, 0.717) is 24.8 Å².